The van der Waals surface area contributed by atoms with Gasteiger partial charge in [-0.15, -0.1) is 12.4 Å². The molecule has 4 N–H and O–H groups in total. The molecule has 0 aromatic carbocycles. The van der Waals surface area contributed by atoms with Crippen LogP contribution in [0.4, 0.5) is 0 Å². The molecule has 1 fully saturated rings. The summed E-state index contributed by atoms with van der Waals surface area (Å²) in [7, 11) is 0. The molecule has 1 saturated carbocycles. The number of carbonyl (C=O) groups excluding carboxylic acids is 2. The summed E-state index contributed by atoms with van der Waals surface area (Å²) in [6.07, 6.45) is 7.15. The second-order valence-corrected chi connectivity index (χ2v) is 5.75. The van der Waals surface area contributed by atoms with Gasteiger partial charge in [0.2, 0.25) is 11.8 Å². The highest BCUT2D eigenvalue weighted by Gasteiger charge is 2.27. The summed E-state index contributed by atoms with van der Waals surface area (Å²) in [5.41, 5.74) is 5.01. The molecule has 2 amide bonds. The standard InChI is InChI=1S/C14H27N3O2.ClH/c1-3-9-14(2,15)13(19)16-10-12(18)17-11-7-5-4-6-8-11;/h11H,3-10,15H2,1-2H3,(H,16,19)(H,17,18);1H. The maximum absolute atomic E-state index is 11.8. The molecule has 1 unspecified atom stereocenters. The number of halogens is 1. The SMILES string of the molecule is CCCC(C)(N)C(=O)NCC(=O)NC1CCCCC1.Cl. The smallest absolute Gasteiger partial charge is 0.240 e. The Kier molecular flexibility index (Phi) is 8.81. The molecule has 1 aliphatic carbocycles. The summed E-state index contributed by atoms with van der Waals surface area (Å²) >= 11 is 0. The number of hydrogen-bond donors (Lipinski definition) is 3. The zero-order chi connectivity index (χ0) is 14.3. The van der Waals surface area contributed by atoms with E-state index in [0.717, 1.165) is 19.3 Å². The van der Waals surface area contributed by atoms with E-state index in [4.69, 9.17) is 5.73 Å². The first-order valence-electron chi connectivity index (χ1n) is 7.32. The van der Waals surface area contributed by atoms with E-state index in [1.165, 1.54) is 19.3 Å². The fourth-order valence-corrected chi connectivity index (χ4v) is 2.52. The summed E-state index contributed by atoms with van der Waals surface area (Å²) in [6.45, 7) is 3.70. The molecule has 0 aromatic rings. The van der Waals surface area contributed by atoms with Crippen LogP contribution in [0.25, 0.3) is 0 Å². The van der Waals surface area contributed by atoms with Crippen molar-refractivity contribution >= 4 is 24.2 Å². The van der Waals surface area contributed by atoms with Crippen molar-refractivity contribution in [1.82, 2.24) is 10.6 Å². The Labute approximate surface area is 127 Å². The van der Waals surface area contributed by atoms with Crippen LogP contribution in [0.15, 0.2) is 0 Å². The molecule has 118 valence electrons. The lowest BCUT2D eigenvalue weighted by atomic mass is 9.95. The number of rotatable bonds is 6. The van der Waals surface area contributed by atoms with Gasteiger partial charge in [0.05, 0.1) is 12.1 Å². The molecule has 1 atom stereocenters. The average Bonchev–Trinajstić information content (AvgIpc) is 2.37. The van der Waals surface area contributed by atoms with Gasteiger partial charge < -0.3 is 16.4 Å². The molecular weight excluding hydrogens is 278 g/mol. The van der Waals surface area contributed by atoms with Crippen molar-refractivity contribution in [3.05, 3.63) is 0 Å². The van der Waals surface area contributed by atoms with Crippen LogP contribution in [0.2, 0.25) is 0 Å². The molecule has 1 rings (SSSR count). The third-order valence-corrected chi connectivity index (χ3v) is 3.67. The van der Waals surface area contributed by atoms with Crippen molar-refractivity contribution in [3.63, 3.8) is 0 Å². The lowest BCUT2D eigenvalue weighted by molar-refractivity contribution is -0.129. The van der Waals surface area contributed by atoms with Gasteiger partial charge in [-0.05, 0) is 26.2 Å². The van der Waals surface area contributed by atoms with E-state index in [9.17, 15) is 9.59 Å². The number of nitrogens with one attached hydrogen (secondary N) is 2. The molecule has 20 heavy (non-hydrogen) atoms. The Balaban J connectivity index is 0.00000361. The highest BCUT2D eigenvalue weighted by Crippen LogP contribution is 2.17. The summed E-state index contributed by atoms with van der Waals surface area (Å²) in [5, 5.41) is 5.58. The number of hydrogen-bond acceptors (Lipinski definition) is 3. The number of nitrogens with two attached hydrogens (primary N) is 1. The van der Waals surface area contributed by atoms with Crippen LogP contribution in [-0.4, -0.2) is 29.9 Å². The van der Waals surface area contributed by atoms with Crippen molar-refractivity contribution in [3.8, 4) is 0 Å². The Morgan fingerprint density at radius 3 is 2.40 bits per heavy atom. The van der Waals surface area contributed by atoms with E-state index >= 15 is 0 Å². The molecule has 0 radical (unpaired) electrons. The highest BCUT2D eigenvalue weighted by atomic mass is 35.5. The predicted molar refractivity (Wildman–Crippen MR) is 82.8 cm³/mol. The first-order chi connectivity index (χ1) is 8.95. The summed E-state index contributed by atoms with van der Waals surface area (Å²) in [5.74, 6) is -0.374. The van der Waals surface area contributed by atoms with E-state index in [2.05, 4.69) is 10.6 Å². The molecule has 5 nitrogen and oxygen atoms in total. The van der Waals surface area contributed by atoms with Crippen LogP contribution < -0.4 is 16.4 Å². The van der Waals surface area contributed by atoms with Crippen molar-refractivity contribution in [1.29, 1.82) is 0 Å². The van der Waals surface area contributed by atoms with E-state index in [1.807, 2.05) is 6.92 Å². The fourth-order valence-electron chi connectivity index (χ4n) is 2.52. The van der Waals surface area contributed by atoms with Gasteiger partial charge in [-0.25, -0.2) is 0 Å². The molecule has 6 heteroatoms. The third-order valence-electron chi connectivity index (χ3n) is 3.67. The van der Waals surface area contributed by atoms with E-state index in [-0.39, 0.29) is 36.8 Å². The Morgan fingerprint density at radius 1 is 1.25 bits per heavy atom. The Hall–Kier alpha value is -0.810. The molecule has 0 bridgehead atoms. The summed E-state index contributed by atoms with van der Waals surface area (Å²) in [4.78, 5) is 23.6. The van der Waals surface area contributed by atoms with Crippen LogP contribution in [0.5, 0.6) is 0 Å². The fraction of sp³-hybridized carbons (Fsp3) is 0.857. The topological polar surface area (TPSA) is 84.2 Å². The summed E-state index contributed by atoms with van der Waals surface area (Å²) < 4.78 is 0. The molecule has 0 aliphatic heterocycles. The van der Waals surface area contributed by atoms with E-state index in [0.29, 0.717) is 6.42 Å². The minimum atomic E-state index is -0.889. The van der Waals surface area contributed by atoms with Gasteiger partial charge in [0.15, 0.2) is 0 Å². The van der Waals surface area contributed by atoms with Gasteiger partial charge in [-0.2, -0.15) is 0 Å². The summed E-state index contributed by atoms with van der Waals surface area (Å²) in [6, 6.07) is 0.276. The Morgan fingerprint density at radius 2 is 1.85 bits per heavy atom. The molecule has 0 heterocycles. The van der Waals surface area contributed by atoms with Gasteiger partial charge in [0, 0.05) is 6.04 Å². The van der Waals surface area contributed by atoms with Crippen LogP contribution in [0, 0.1) is 0 Å². The third kappa shape index (κ3) is 6.57. The van der Waals surface area contributed by atoms with Gasteiger partial charge >= 0.3 is 0 Å². The van der Waals surface area contributed by atoms with Crippen molar-refractivity contribution in [2.45, 2.75) is 70.4 Å². The molecular formula is C14H28ClN3O2. The minimum Gasteiger partial charge on any atom is -0.352 e. The molecule has 0 saturated heterocycles. The quantitative estimate of drug-likeness (QED) is 0.695. The largest absolute Gasteiger partial charge is 0.352 e. The van der Waals surface area contributed by atoms with Crippen molar-refractivity contribution in [2.75, 3.05) is 6.54 Å². The Bertz CT molecular complexity index is 316. The van der Waals surface area contributed by atoms with Crippen molar-refractivity contribution in [2.24, 2.45) is 5.73 Å². The van der Waals surface area contributed by atoms with Gasteiger partial charge in [0.1, 0.15) is 0 Å². The van der Waals surface area contributed by atoms with Crippen LogP contribution in [-0.2, 0) is 9.59 Å². The maximum atomic E-state index is 11.8. The van der Waals surface area contributed by atoms with Crippen molar-refractivity contribution < 1.29 is 9.59 Å². The first kappa shape index (κ1) is 19.2. The first-order valence-corrected chi connectivity index (χ1v) is 7.32. The number of amides is 2. The zero-order valence-corrected chi connectivity index (χ0v) is 13.4. The van der Waals surface area contributed by atoms with Crippen LogP contribution in [0.3, 0.4) is 0 Å². The number of carbonyl (C=O) groups is 2. The highest BCUT2D eigenvalue weighted by molar-refractivity contribution is 5.89. The second kappa shape index (κ2) is 9.19. The maximum Gasteiger partial charge on any atom is 0.240 e. The van der Waals surface area contributed by atoms with Crippen LogP contribution >= 0.6 is 12.4 Å². The molecule has 0 aromatic heterocycles. The normalized spacial score (nSPS) is 18.6. The lowest BCUT2D eigenvalue weighted by Crippen LogP contribution is -2.53. The van der Waals surface area contributed by atoms with Gasteiger partial charge in [0.25, 0.3) is 0 Å². The zero-order valence-electron chi connectivity index (χ0n) is 12.5. The van der Waals surface area contributed by atoms with Crippen LogP contribution in [0.1, 0.15) is 58.8 Å². The molecule has 1 aliphatic rings. The minimum absolute atomic E-state index is 0. The van der Waals surface area contributed by atoms with E-state index in [1.54, 1.807) is 6.92 Å². The molecule has 0 spiro atoms. The van der Waals surface area contributed by atoms with Gasteiger partial charge in [-0.1, -0.05) is 32.6 Å². The predicted octanol–water partition coefficient (Wildman–Crippen LogP) is 1.49. The van der Waals surface area contributed by atoms with Gasteiger partial charge in [-0.3, -0.25) is 9.59 Å². The lowest BCUT2D eigenvalue weighted by Gasteiger charge is -2.24. The second-order valence-electron chi connectivity index (χ2n) is 5.75. The average molecular weight is 306 g/mol. The monoisotopic (exact) mass is 305 g/mol. The van der Waals surface area contributed by atoms with E-state index < -0.39 is 5.54 Å².